The van der Waals surface area contributed by atoms with Gasteiger partial charge in [0.05, 0.1) is 11.2 Å². The lowest BCUT2D eigenvalue weighted by molar-refractivity contribution is 0.110. The summed E-state index contributed by atoms with van der Waals surface area (Å²) in [7, 11) is 0. The van der Waals surface area contributed by atoms with Crippen molar-refractivity contribution in [3.63, 3.8) is 0 Å². The van der Waals surface area contributed by atoms with E-state index in [1.165, 1.54) is 0 Å². The minimum Gasteiger partial charge on any atom is -0.372 e. The van der Waals surface area contributed by atoms with E-state index >= 15 is 0 Å². The molecule has 0 bridgehead atoms. The Hall–Kier alpha value is -1.00. The molecule has 0 aliphatic carbocycles. The number of fused-ring (bicyclic) bond motifs is 1. The highest BCUT2D eigenvalue weighted by atomic mass is 79.9. The quantitative estimate of drug-likeness (QED) is 0.803. The van der Waals surface area contributed by atoms with Gasteiger partial charge < -0.3 is 4.74 Å². The Morgan fingerprint density at radius 2 is 2.25 bits per heavy atom. The van der Waals surface area contributed by atoms with Gasteiger partial charge in [0, 0.05) is 16.5 Å². The number of ether oxygens (including phenoxy) is 1. The van der Waals surface area contributed by atoms with Crippen molar-refractivity contribution >= 4 is 26.8 Å². The third-order valence-electron chi connectivity index (χ3n) is 2.86. The van der Waals surface area contributed by atoms with E-state index in [4.69, 9.17) is 4.74 Å². The predicted octanol–water partition coefficient (Wildman–Crippen LogP) is 3.24. The molecule has 1 aliphatic heterocycles. The monoisotopic (exact) mass is 278 g/mol. The van der Waals surface area contributed by atoms with Gasteiger partial charge in [0.2, 0.25) is 0 Å². The first kappa shape index (κ1) is 10.2. The highest BCUT2D eigenvalue weighted by Crippen LogP contribution is 2.32. The second-order valence-corrected chi connectivity index (χ2v) is 4.84. The Labute approximate surface area is 102 Å². The maximum atomic E-state index is 5.68. The second kappa shape index (κ2) is 4.11. The van der Waals surface area contributed by atoms with E-state index in [9.17, 15) is 0 Å². The zero-order valence-electron chi connectivity index (χ0n) is 8.69. The molecule has 3 nitrogen and oxygen atoms in total. The Bertz CT molecular complexity index is 523. The van der Waals surface area contributed by atoms with Crippen molar-refractivity contribution in [2.45, 2.75) is 18.9 Å². The molecular formula is C12H11BrN2O. The van der Waals surface area contributed by atoms with Crippen LogP contribution in [0.5, 0.6) is 0 Å². The molecule has 0 spiro atoms. The fourth-order valence-electron chi connectivity index (χ4n) is 2.10. The average Bonchev–Trinajstić information content (AvgIpc) is 2.81. The minimum atomic E-state index is 0.139. The van der Waals surface area contributed by atoms with Crippen molar-refractivity contribution in [2.24, 2.45) is 0 Å². The Kier molecular flexibility index (Phi) is 2.61. The predicted molar refractivity (Wildman–Crippen MR) is 65.2 cm³/mol. The molecule has 0 radical (unpaired) electrons. The van der Waals surface area contributed by atoms with Crippen molar-refractivity contribution in [1.82, 2.24) is 9.97 Å². The summed E-state index contributed by atoms with van der Waals surface area (Å²) in [6, 6.07) is 6.06. The molecule has 1 aliphatic rings. The van der Waals surface area contributed by atoms with Crippen LogP contribution in [-0.4, -0.2) is 16.6 Å². The van der Waals surface area contributed by atoms with Crippen LogP contribution in [0.3, 0.4) is 0 Å². The Balaban J connectivity index is 2.18. The third kappa shape index (κ3) is 1.72. The van der Waals surface area contributed by atoms with Crippen molar-refractivity contribution < 1.29 is 4.74 Å². The van der Waals surface area contributed by atoms with Gasteiger partial charge in [-0.15, -0.1) is 0 Å². The largest absolute Gasteiger partial charge is 0.372 e. The van der Waals surface area contributed by atoms with Gasteiger partial charge in [-0.05, 0) is 31.0 Å². The molecule has 0 saturated carbocycles. The number of rotatable bonds is 1. The zero-order chi connectivity index (χ0) is 11.0. The van der Waals surface area contributed by atoms with Crippen LogP contribution in [0.1, 0.15) is 24.6 Å². The maximum Gasteiger partial charge on any atom is 0.116 e. The number of benzene rings is 1. The summed E-state index contributed by atoms with van der Waals surface area (Å²) in [6.45, 7) is 0.837. The topological polar surface area (TPSA) is 35.0 Å². The third-order valence-corrected chi connectivity index (χ3v) is 3.36. The number of halogens is 1. The van der Waals surface area contributed by atoms with Crippen LogP contribution in [0.15, 0.2) is 29.0 Å². The van der Waals surface area contributed by atoms with Crippen LogP contribution in [0, 0.1) is 0 Å². The van der Waals surface area contributed by atoms with Crippen LogP contribution in [-0.2, 0) is 4.74 Å². The lowest BCUT2D eigenvalue weighted by atomic mass is 10.1. The lowest BCUT2D eigenvalue weighted by Crippen LogP contribution is -2.01. The maximum absolute atomic E-state index is 5.68. The molecule has 0 amide bonds. The first-order chi connectivity index (χ1) is 7.84. The van der Waals surface area contributed by atoms with E-state index in [-0.39, 0.29) is 6.10 Å². The van der Waals surface area contributed by atoms with Gasteiger partial charge in [0.25, 0.3) is 0 Å². The molecular weight excluding hydrogens is 268 g/mol. The van der Waals surface area contributed by atoms with E-state index < -0.39 is 0 Å². The van der Waals surface area contributed by atoms with Crippen LogP contribution in [0.4, 0.5) is 0 Å². The molecule has 82 valence electrons. The van der Waals surface area contributed by atoms with E-state index in [2.05, 4.69) is 32.0 Å². The van der Waals surface area contributed by atoms with Crippen LogP contribution in [0.25, 0.3) is 10.9 Å². The van der Waals surface area contributed by atoms with Gasteiger partial charge in [-0.1, -0.05) is 15.9 Å². The Morgan fingerprint density at radius 3 is 3.06 bits per heavy atom. The van der Waals surface area contributed by atoms with E-state index in [1.807, 2.05) is 12.1 Å². The number of nitrogens with zero attached hydrogens (tertiary/aromatic N) is 2. The second-order valence-electron chi connectivity index (χ2n) is 3.92. The van der Waals surface area contributed by atoms with Crippen molar-refractivity contribution in [3.05, 3.63) is 34.7 Å². The van der Waals surface area contributed by atoms with Gasteiger partial charge in [-0.25, -0.2) is 9.97 Å². The summed E-state index contributed by atoms with van der Waals surface area (Å²) in [4.78, 5) is 8.64. The smallest absolute Gasteiger partial charge is 0.116 e. The molecule has 1 aromatic carbocycles. The standard InChI is InChI=1S/C12H11BrN2O/c13-8-3-4-10-9(6-8)12(15-7-14-10)11-2-1-5-16-11/h3-4,6-7,11H,1-2,5H2. The molecule has 2 aromatic rings. The summed E-state index contributed by atoms with van der Waals surface area (Å²) in [5.74, 6) is 0. The molecule has 3 rings (SSSR count). The van der Waals surface area contributed by atoms with Crippen LogP contribution in [0.2, 0.25) is 0 Å². The summed E-state index contributed by atoms with van der Waals surface area (Å²) in [5.41, 5.74) is 1.99. The van der Waals surface area contributed by atoms with Crippen molar-refractivity contribution in [2.75, 3.05) is 6.61 Å². The average molecular weight is 279 g/mol. The van der Waals surface area contributed by atoms with Gasteiger partial charge in [0.1, 0.15) is 12.4 Å². The molecule has 4 heteroatoms. The fourth-order valence-corrected chi connectivity index (χ4v) is 2.46. The summed E-state index contributed by atoms with van der Waals surface area (Å²) >= 11 is 3.48. The number of aromatic nitrogens is 2. The van der Waals surface area contributed by atoms with Gasteiger partial charge >= 0.3 is 0 Å². The van der Waals surface area contributed by atoms with Crippen molar-refractivity contribution in [3.8, 4) is 0 Å². The van der Waals surface area contributed by atoms with E-state index in [0.29, 0.717) is 0 Å². The highest BCUT2D eigenvalue weighted by Gasteiger charge is 2.21. The molecule has 1 atom stereocenters. The number of hydrogen-bond acceptors (Lipinski definition) is 3. The van der Waals surface area contributed by atoms with Crippen LogP contribution >= 0.6 is 15.9 Å². The molecule has 0 N–H and O–H groups in total. The minimum absolute atomic E-state index is 0.139. The molecule has 2 heterocycles. The first-order valence-corrected chi connectivity index (χ1v) is 6.15. The van der Waals surface area contributed by atoms with E-state index in [1.54, 1.807) is 6.33 Å². The molecule has 1 saturated heterocycles. The number of hydrogen-bond donors (Lipinski definition) is 0. The van der Waals surface area contributed by atoms with Gasteiger partial charge in [0.15, 0.2) is 0 Å². The molecule has 1 unspecified atom stereocenters. The summed E-state index contributed by atoms with van der Waals surface area (Å²) in [5, 5.41) is 1.09. The van der Waals surface area contributed by atoms with E-state index in [0.717, 1.165) is 40.5 Å². The molecule has 16 heavy (non-hydrogen) atoms. The SMILES string of the molecule is Brc1ccc2ncnc(C3CCCO3)c2c1. The zero-order valence-corrected chi connectivity index (χ0v) is 10.3. The molecule has 1 fully saturated rings. The molecule has 1 aromatic heterocycles. The highest BCUT2D eigenvalue weighted by molar-refractivity contribution is 9.10. The van der Waals surface area contributed by atoms with Crippen molar-refractivity contribution in [1.29, 1.82) is 0 Å². The lowest BCUT2D eigenvalue weighted by Gasteiger charge is -2.11. The fraction of sp³-hybridized carbons (Fsp3) is 0.333. The normalized spacial score (nSPS) is 20.4. The van der Waals surface area contributed by atoms with Gasteiger partial charge in [-0.2, -0.15) is 0 Å². The summed E-state index contributed by atoms with van der Waals surface area (Å²) < 4.78 is 6.73. The summed E-state index contributed by atoms with van der Waals surface area (Å²) in [6.07, 6.45) is 3.93. The first-order valence-electron chi connectivity index (χ1n) is 5.36. The van der Waals surface area contributed by atoms with Gasteiger partial charge in [-0.3, -0.25) is 0 Å². The Morgan fingerprint density at radius 1 is 1.31 bits per heavy atom. The van der Waals surface area contributed by atoms with Crippen LogP contribution < -0.4 is 0 Å².